The molecule has 2 atom stereocenters. The Hall–Kier alpha value is -2.82. The monoisotopic (exact) mass is 493 g/mol. The van der Waals surface area contributed by atoms with Crippen LogP contribution < -0.4 is 20.1 Å². The summed E-state index contributed by atoms with van der Waals surface area (Å²) in [5.41, 5.74) is 1.31. The molecule has 4 rings (SSSR count). The van der Waals surface area contributed by atoms with Gasteiger partial charge in [-0.05, 0) is 56.5 Å². The molecule has 0 spiro atoms. The maximum Gasteiger partial charge on any atom is 0.265 e. The Labute approximate surface area is 197 Å². The van der Waals surface area contributed by atoms with Gasteiger partial charge in [-0.1, -0.05) is 11.6 Å². The van der Waals surface area contributed by atoms with Crippen molar-refractivity contribution in [1.29, 1.82) is 0 Å². The van der Waals surface area contributed by atoms with E-state index in [2.05, 4.69) is 10.6 Å². The Morgan fingerprint density at radius 1 is 1.30 bits per heavy atom. The highest BCUT2D eigenvalue weighted by Gasteiger charge is 2.41. The van der Waals surface area contributed by atoms with E-state index in [-0.39, 0.29) is 23.1 Å². The molecule has 2 aliphatic heterocycles. The molecule has 1 fully saturated rings. The molecule has 176 valence electrons. The van der Waals surface area contributed by atoms with Crippen molar-refractivity contribution in [3.63, 3.8) is 0 Å². The van der Waals surface area contributed by atoms with Crippen molar-refractivity contribution in [2.45, 2.75) is 43.7 Å². The van der Waals surface area contributed by atoms with Gasteiger partial charge in [0.2, 0.25) is 15.9 Å². The van der Waals surface area contributed by atoms with Crippen LogP contribution in [0.2, 0.25) is 5.02 Å². The Morgan fingerprint density at radius 3 is 2.76 bits per heavy atom. The zero-order valence-corrected chi connectivity index (χ0v) is 19.9. The maximum absolute atomic E-state index is 13.6. The van der Waals surface area contributed by atoms with Crippen molar-refractivity contribution in [1.82, 2.24) is 4.31 Å². The molecule has 2 aliphatic rings. The summed E-state index contributed by atoms with van der Waals surface area (Å²) < 4.78 is 39.0. The third-order valence-corrected chi connectivity index (χ3v) is 8.07. The largest absolute Gasteiger partial charge is 0.495 e. The van der Waals surface area contributed by atoms with Crippen LogP contribution in [-0.4, -0.2) is 50.3 Å². The second-order valence-electron chi connectivity index (χ2n) is 7.98. The number of sulfonamides is 1. The number of anilines is 2. The fourth-order valence-corrected chi connectivity index (χ4v) is 6.14. The third-order valence-electron chi connectivity index (χ3n) is 5.72. The Bertz CT molecular complexity index is 1230. The quantitative estimate of drug-likeness (QED) is 0.661. The molecule has 33 heavy (non-hydrogen) atoms. The summed E-state index contributed by atoms with van der Waals surface area (Å²) in [5.74, 6) is 0.00664. The number of nitrogens with one attached hydrogen (secondary N) is 2. The summed E-state index contributed by atoms with van der Waals surface area (Å²) in [7, 11) is -2.52. The molecule has 2 aromatic rings. The summed E-state index contributed by atoms with van der Waals surface area (Å²) in [6, 6.07) is 6.91. The van der Waals surface area contributed by atoms with Gasteiger partial charge >= 0.3 is 0 Å². The number of amides is 2. The van der Waals surface area contributed by atoms with Crippen molar-refractivity contribution < 1.29 is 27.5 Å². The predicted octanol–water partition coefficient (Wildman–Crippen LogP) is 3.17. The van der Waals surface area contributed by atoms with E-state index >= 15 is 0 Å². The number of carbonyl (C=O) groups is 2. The second-order valence-corrected chi connectivity index (χ2v) is 10.2. The highest BCUT2D eigenvalue weighted by molar-refractivity contribution is 7.89. The number of ether oxygens (including phenoxy) is 2. The van der Waals surface area contributed by atoms with Gasteiger partial charge in [0, 0.05) is 18.3 Å². The predicted molar refractivity (Wildman–Crippen MR) is 123 cm³/mol. The Balaban J connectivity index is 1.60. The van der Waals surface area contributed by atoms with E-state index in [9.17, 15) is 18.0 Å². The minimum atomic E-state index is -4.01. The van der Waals surface area contributed by atoms with Crippen LogP contribution in [-0.2, 0) is 19.6 Å². The molecular formula is C22H24ClN3O6S. The summed E-state index contributed by atoms with van der Waals surface area (Å²) in [6.07, 6.45) is 0.203. The fraction of sp³-hybridized carbons (Fsp3) is 0.364. The van der Waals surface area contributed by atoms with Crippen molar-refractivity contribution in [3.05, 3.63) is 40.9 Å². The molecule has 2 N–H and O–H groups in total. The number of hydrogen-bond donors (Lipinski definition) is 2. The van der Waals surface area contributed by atoms with Crippen LogP contribution in [0.3, 0.4) is 0 Å². The third kappa shape index (κ3) is 4.38. The molecule has 2 heterocycles. The lowest BCUT2D eigenvalue weighted by Gasteiger charge is -2.27. The number of benzene rings is 2. The van der Waals surface area contributed by atoms with E-state index in [4.69, 9.17) is 21.1 Å². The Morgan fingerprint density at radius 2 is 2.06 bits per heavy atom. The van der Waals surface area contributed by atoms with E-state index in [1.54, 1.807) is 38.1 Å². The number of fused-ring (bicyclic) bond motifs is 1. The second kappa shape index (κ2) is 8.85. The molecule has 2 aromatic carbocycles. The number of hydrogen-bond acceptors (Lipinski definition) is 6. The molecule has 0 aliphatic carbocycles. The van der Waals surface area contributed by atoms with Gasteiger partial charge in [-0.3, -0.25) is 9.59 Å². The molecule has 9 nitrogen and oxygen atoms in total. The minimum absolute atomic E-state index is 0.0387. The normalized spacial score (nSPS) is 20.5. The zero-order valence-electron chi connectivity index (χ0n) is 18.3. The van der Waals surface area contributed by atoms with Crippen molar-refractivity contribution in [3.8, 4) is 11.5 Å². The van der Waals surface area contributed by atoms with Gasteiger partial charge in [0.1, 0.15) is 17.5 Å². The SMILES string of the molecule is COc1ccc(NC(=O)[C@H]2CCCN2S(=O)(=O)c2cc3c(cc2C)NC(=O)[C@H](C)O3)cc1Cl. The minimum Gasteiger partial charge on any atom is -0.495 e. The molecule has 0 aromatic heterocycles. The average Bonchev–Trinajstić information content (AvgIpc) is 3.26. The molecule has 0 radical (unpaired) electrons. The van der Waals surface area contributed by atoms with Crippen LogP contribution in [0.25, 0.3) is 0 Å². The van der Waals surface area contributed by atoms with Crippen LogP contribution >= 0.6 is 11.6 Å². The van der Waals surface area contributed by atoms with Crippen LogP contribution in [0, 0.1) is 6.92 Å². The number of nitrogens with zero attached hydrogens (tertiary/aromatic N) is 1. The number of carbonyl (C=O) groups excluding carboxylic acids is 2. The lowest BCUT2D eigenvalue weighted by Crippen LogP contribution is -2.43. The van der Waals surface area contributed by atoms with E-state index in [0.717, 1.165) is 0 Å². The molecule has 2 amide bonds. The first-order valence-corrected chi connectivity index (χ1v) is 12.2. The summed E-state index contributed by atoms with van der Waals surface area (Å²) in [6.45, 7) is 3.44. The van der Waals surface area contributed by atoms with Gasteiger partial charge in [-0.2, -0.15) is 4.31 Å². The Kier molecular flexibility index (Phi) is 6.26. The van der Waals surface area contributed by atoms with Crippen LogP contribution in [0.5, 0.6) is 11.5 Å². The van der Waals surface area contributed by atoms with Crippen molar-refractivity contribution in [2.75, 3.05) is 24.3 Å². The molecule has 0 unspecified atom stereocenters. The van der Waals surface area contributed by atoms with Gasteiger partial charge < -0.3 is 20.1 Å². The fourth-order valence-electron chi connectivity index (χ4n) is 4.01. The lowest BCUT2D eigenvalue weighted by molar-refractivity contribution is -0.122. The smallest absolute Gasteiger partial charge is 0.265 e. The summed E-state index contributed by atoms with van der Waals surface area (Å²) in [4.78, 5) is 24.9. The summed E-state index contributed by atoms with van der Waals surface area (Å²) >= 11 is 6.13. The zero-order chi connectivity index (χ0) is 23.9. The first-order valence-electron chi connectivity index (χ1n) is 10.4. The van der Waals surface area contributed by atoms with Crippen LogP contribution in [0.15, 0.2) is 35.2 Å². The van der Waals surface area contributed by atoms with Gasteiger partial charge in [0.25, 0.3) is 5.91 Å². The van der Waals surface area contributed by atoms with Gasteiger partial charge in [0.05, 0.1) is 22.7 Å². The lowest BCUT2D eigenvalue weighted by atomic mass is 10.1. The first-order chi connectivity index (χ1) is 15.6. The van der Waals surface area contributed by atoms with Gasteiger partial charge in [0.15, 0.2) is 6.10 Å². The molecule has 1 saturated heterocycles. The average molecular weight is 494 g/mol. The van der Waals surface area contributed by atoms with Crippen molar-refractivity contribution >= 4 is 44.8 Å². The first kappa shape index (κ1) is 23.3. The van der Waals surface area contributed by atoms with Crippen LogP contribution in [0.1, 0.15) is 25.3 Å². The standard InChI is InChI=1S/C22H24ClN3O6S/c1-12-9-16-19(32-13(2)21(27)25-16)11-20(12)33(29,30)26-8-4-5-17(26)22(28)24-14-6-7-18(31-3)15(23)10-14/h6-7,9-11,13,17H,4-5,8H2,1-3H3,(H,24,28)(H,25,27)/t13-,17+/m0/s1. The topological polar surface area (TPSA) is 114 Å². The van der Waals surface area contributed by atoms with Crippen LogP contribution in [0.4, 0.5) is 11.4 Å². The van der Waals surface area contributed by atoms with E-state index in [1.807, 2.05) is 0 Å². The van der Waals surface area contributed by atoms with Gasteiger partial charge in [-0.15, -0.1) is 0 Å². The summed E-state index contributed by atoms with van der Waals surface area (Å²) in [5, 5.41) is 5.79. The maximum atomic E-state index is 13.6. The molecule has 0 saturated carbocycles. The van der Waals surface area contributed by atoms with Crippen molar-refractivity contribution in [2.24, 2.45) is 0 Å². The number of halogens is 1. The molecule has 0 bridgehead atoms. The van der Waals surface area contributed by atoms with E-state index in [0.29, 0.717) is 40.6 Å². The van der Waals surface area contributed by atoms with E-state index < -0.39 is 28.1 Å². The number of aryl methyl sites for hydroxylation is 1. The van der Waals surface area contributed by atoms with E-state index in [1.165, 1.54) is 17.5 Å². The highest BCUT2D eigenvalue weighted by atomic mass is 35.5. The number of methoxy groups -OCH3 is 1. The number of rotatable bonds is 5. The molecular weight excluding hydrogens is 470 g/mol. The highest BCUT2D eigenvalue weighted by Crippen LogP contribution is 2.37. The molecule has 11 heteroatoms. The van der Waals surface area contributed by atoms with Gasteiger partial charge in [-0.25, -0.2) is 8.42 Å².